The molecule has 20 heavy (non-hydrogen) atoms. The van der Waals surface area contributed by atoms with Crippen LogP contribution < -0.4 is 4.74 Å². The quantitative estimate of drug-likeness (QED) is 0.915. The van der Waals surface area contributed by atoms with Crippen LogP contribution in [0, 0.1) is 5.92 Å². The molecule has 1 fully saturated rings. The van der Waals surface area contributed by atoms with Crippen molar-refractivity contribution in [1.82, 2.24) is 4.90 Å². The van der Waals surface area contributed by atoms with Crippen LogP contribution in [0.2, 0.25) is 0 Å². The highest BCUT2D eigenvalue weighted by Gasteiger charge is 2.45. The Morgan fingerprint density at radius 3 is 2.70 bits per heavy atom. The Balaban J connectivity index is 2.46. The van der Waals surface area contributed by atoms with Gasteiger partial charge in [0.05, 0.1) is 19.1 Å². The zero-order valence-corrected chi connectivity index (χ0v) is 11.9. The van der Waals surface area contributed by atoms with Gasteiger partial charge in [-0.2, -0.15) is 0 Å². The van der Waals surface area contributed by atoms with Crippen molar-refractivity contribution in [3.63, 3.8) is 0 Å². The van der Waals surface area contributed by atoms with E-state index in [1.807, 2.05) is 26.0 Å². The lowest BCUT2D eigenvalue weighted by molar-refractivity contribution is -0.142. The monoisotopic (exact) mass is 277 g/mol. The maximum Gasteiger partial charge on any atom is 0.309 e. The molecule has 2 rings (SSSR count). The summed E-state index contributed by atoms with van der Waals surface area (Å²) in [6.07, 6.45) is 0.0510. The van der Waals surface area contributed by atoms with Gasteiger partial charge in [-0.3, -0.25) is 9.59 Å². The van der Waals surface area contributed by atoms with Crippen molar-refractivity contribution in [2.45, 2.75) is 32.4 Å². The molecule has 0 bridgehead atoms. The summed E-state index contributed by atoms with van der Waals surface area (Å²) in [5.74, 6) is -1.10. The molecule has 0 aliphatic carbocycles. The van der Waals surface area contributed by atoms with E-state index in [0.717, 1.165) is 5.56 Å². The van der Waals surface area contributed by atoms with E-state index >= 15 is 0 Å². The molecule has 0 saturated carbocycles. The standard InChI is InChI=1S/C15H19NO4/c1-9(2)16-13(17)8-12(15(18)19)14(16)10-5-4-6-11(7-10)20-3/h4-7,9,12,14H,8H2,1-3H3,(H,18,19)/t12-,14+/m1/s1. The van der Waals surface area contributed by atoms with E-state index < -0.39 is 17.9 Å². The van der Waals surface area contributed by atoms with E-state index in [4.69, 9.17) is 4.74 Å². The number of methoxy groups -OCH3 is 1. The summed E-state index contributed by atoms with van der Waals surface area (Å²) >= 11 is 0. The number of ether oxygens (including phenoxy) is 1. The van der Waals surface area contributed by atoms with Gasteiger partial charge in [0.1, 0.15) is 5.75 Å². The number of rotatable bonds is 4. The van der Waals surface area contributed by atoms with Gasteiger partial charge in [-0.1, -0.05) is 12.1 Å². The maximum atomic E-state index is 12.1. The molecule has 1 aliphatic rings. The molecular formula is C15H19NO4. The molecule has 1 saturated heterocycles. The number of carbonyl (C=O) groups excluding carboxylic acids is 1. The van der Waals surface area contributed by atoms with E-state index in [1.54, 1.807) is 24.1 Å². The summed E-state index contributed by atoms with van der Waals surface area (Å²) in [7, 11) is 1.56. The Hall–Kier alpha value is -2.04. The van der Waals surface area contributed by atoms with Crippen LogP contribution in [0.1, 0.15) is 31.9 Å². The molecule has 1 N–H and O–H groups in total. The number of amides is 1. The highest BCUT2D eigenvalue weighted by Crippen LogP contribution is 2.40. The van der Waals surface area contributed by atoms with Gasteiger partial charge in [0.15, 0.2) is 0 Å². The molecule has 5 heteroatoms. The largest absolute Gasteiger partial charge is 0.497 e. The maximum absolute atomic E-state index is 12.1. The lowest BCUT2D eigenvalue weighted by Gasteiger charge is -2.30. The predicted molar refractivity (Wildman–Crippen MR) is 73.5 cm³/mol. The van der Waals surface area contributed by atoms with Gasteiger partial charge < -0.3 is 14.7 Å². The summed E-state index contributed by atoms with van der Waals surface area (Å²) < 4.78 is 5.18. The first kappa shape index (κ1) is 14.4. The summed E-state index contributed by atoms with van der Waals surface area (Å²) in [5, 5.41) is 9.38. The van der Waals surface area contributed by atoms with Gasteiger partial charge in [-0.25, -0.2) is 0 Å². The topological polar surface area (TPSA) is 66.8 Å². The predicted octanol–water partition coefficient (Wildman–Crippen LogP) is 2.08. The molecular weight excluding hydrogens is 258 g/mol. The number of aliphatic carboxylic acids is 1. The van der Waals surface area contributed by atoms with Crippen molar-refractivity contribution >= 4 is 11.9 Å². The number of benzene rings is 1. The Kier molecular flexibility index (Phi) is 3.97. The molecule has 0 aromatic heterocycles. The van der Waals surface area contributed by atoms with Crippen LogP contribution in [0.3, 0.4) is 0 Å². The van der Waals surface area contributed by atoms with Crippen molar-refractivity contribution in [2.75, 3.05) is 7.11 Å². The Labute approximate surface area is 118 Å². The van der Waals surface area contributed by atoms with Crippen LogP contribution in [-0.2, 0) is 9.59 Å². The first-order chi connectivity index (χ1) is 9.45. The Morgan fingerprint density at radius 2 is 2.15 bits per heavy atom. The van der Waals surface area contributed by atoms with Crippen molar-refractivity contribution in [3.05, 3.63) is 29.8 Å². The molecule has 108 valence electrons. The van der Waals surface area contributed by atoms with Crippen LogP contribution >= 0.6 is 0 Å². The van der Waals surface area contributed by atoms with Crippen LogP contribution in [0.5, 0.6) is 5.75 Å². The zero-order valence-electron chi connectivity index (χ0n) is 11.9. The van der Waals surface area contributed by atoms with Gasteiger partial charge in [-0.15, -0.1) is 0 Å². The first-order valence-corrected chi connectivity index (χ1v) is 6.63. The minimum Gasteiger partial charge on any atom is -0.497 e. The molecule has 0 spiro atoms. The third-order valence-electron chi connectivity index (χ3n) is 3.67. The normalized spacial score (nSPS) is 22.4. The number of hydrogen-bond acceptors (Lipinski definition) is 3. The second-order valence-corrected chi connectivity index (χ2v) is 5.27. The first-order valence-electron chi connectivity index (χ1n) is 6.63. The summed E-state index contributed by atoms with van der Waals surface area (Å²) in [5.41, 5.74) is 0.802. The minimum atomic E-state index is -0.936. The molecule has 2 atom stereocenters. The van der Waals surface area contributed by atoms with Gasteiger partial charge in [0.25, 0.3) is 0 Å². The highest BCUT2D eigenvalue weighted by atomic mass is 16.5. The van der Waals surface area contributed by atoms with E-state index in [0.29, 0.717) is 5.75 Å². The van der Waals surface area contributed by atoms with E-state index in [-0.39, 0.29) is 18.4 Å². The third-order valence-corrected chi connectivity index (χ3v) is 3.67. The number of hydrogen-bond donors (Lipinski definition) is 1. The van der Waals surface area contributed by atoms with Gasteiger partial charge in [-0.05, 0) is 31.5 Å². The molecule has 1 aromatic rings. The lowest BCUT2D eigenvalue weighted by Crippen LogP contribution is -2.36. The second-order valence-electron chi connectivity index (χ2n) is 5.27. The molecule has 0 unspecified atom stereocenters. The van der Waals surface area contributed by atoms with Crippen LogP contribution in [0.4, 0.5) is 0 Å². The fraction of sp³-hybridized carbons (Fsp3) is 0.467. The third kappa shape index (κ3) is 2.48. The fourth-order valence-electron chi connectivity index (χ4n) is 2.80. The zero-order chi connectivity index (χ0) is 14.9. The molecule has 1 heterocycles. The molecule has 1 amide bonds. The molecule has 5 nitrogen and oxygen atoms in total. The highest BCUT2D eigenvalue weighted by molar-refractivity contribution is 5.87. The molecule has 0 radical (unpaired) electrons. The van der Waals surface area contributed by atoms with E-state index in [2.05, 4.69) is 0 Å². The van der Waals surface area contributed by atoms with Crippen molar-refractivity contribution < 1.29 is 19.4 Å². The van der Waals surface area contributed by atoms with Crippen molar-refractivity contribution in [1.29, 1.82) is 0 Å². The number of carboxylic acid groups (broad SMARTS) is 1. The van der Waals surface area contributed by atoms with Gasteiger partial charge >= 0.3 is 5.97 Å². The molecule has 1 aliphatic heterocycles. The number of nitrogens with zero attached hydrogens (tertiary/aromatic N) is 1. The summed E-state index contributed by atoms with van der Waals surface area (Å²) in [6.45, 7) is 3.80. The molecule has 1 aromatic carbocycles. The van der Waals surface area contributed by atoms with Crippen LogP contribution in [0.15, 0.2) is 24.3 Å². The average molecular weight is 277 g/mol. The minimum absolute atomic E-state index is 0.0388. The summed E-state index contributed by atoms with van der Waals surface area (Å²) in [6, 6.07) is 6.79. The van der Waals surface area contributed by atoms with Crippen molar-refractivity contribution in [2.24, 2.45) is 5.92 Å². The summed E-state index contributed by atoms with van der Waals surface area (Å²) in [4.78, 5) is 25.2. The Bertz CT molecular complexity index is 526. The lowest BCUT2D eigenvalue weighted by atomic mass is 9.93. The van der Waals surface area contributed by atoms with Gasteiger partial charge in [0, 0.05) is 12.5 Å². The number of likely N-dealkylation sites (tertiary alicyclic amines) is 1. The van der Waals surface area contributed by atoms with Gasteiger partial charge in [0.2, 0.25) is 5.91 Å². The van der Waals surface area contributed by atoms with E-state index in [9.17, 15) is 14.7 Å². The van der Waals surface area contributed by atoms with Crippen LogP contribution in [0.25, 0.3) is 0 Å². The smallest absolute Gasteiger partial charge is 0.309 e. The van der Waals surface area contributed by atoms with Crippen molar-refractivity contribution in [3.8, 4) is 5.75 Å². The van der Waals surface area contributed by atoms with E-state index in [1.165, 1.54) is 0 Å². The average Bonchev–Trinajstić information content (AvgIpc) is 2.76. The van der Waals surface area contributed by atoms with Crippen LogP contribution in [-0.4, -0.2) is 35.0 Å². The SMILES string of the molecule is COc1cccc([C@H]2[C@H](C(=O)O)CC(=O)N2C(C)C)c1. The Morgan fingerprint density at radius 1 is 1.45 bits per heavy atom. The second kappa shape index (κ2) is 5.53. The number of carboxylic acids is 1. The fourth-order valence-corrected chi connectivity index (χ4v) is 2.80. The number of carbonyl (C=O) groups is 2.